The van der Waals surface area contributed by atoms with E-state index in [-0.39, 0.29) is 5.57 Å². The minimum atomic E-state index is -2.06. The summed E-state index contributed by atoms with van der Waals surface area (Å²) in [7, 11) is 1.44. The average molecular weight is 190 g/mol. The minimum Gasteiger partial charge on any atom is -0.342 e. The van der Waals surface area contributed by atoms with Crippen LogP contribution in [0.4, 0.5) is 0 Å². The van der Waals surface area contributed by atoms with Crippen LogP contribution < -0.4 is 0 Å². The van der Waals surface area contributed by atoms with Gasteiger partial charge in [0.25, 0.3) is 0 Å². The Balaban J connectivity index is 2.53. The van der Waals surface area contributed by atoms with Crippen molar-refractivity contribution in [3.63, 3.8) is 0 Å². The van der Waals surface area contributed by atoms with Crippen LogP contribution in [-0.2, 0) is 4.79 Å². The topological polar surface area (TPSA) is 20.3 Å². The summed E-state index contributed by atoms with van der Waals surface area (Å²) >= 11 is 0. The maximum Gasteiger partial charge on any atom is 0.227 e. The quantitative estimate of drug-likeness (QED) is 0.662. The molecule has 2 heteroatoms. The van der Waals surface area contributed by atoms with E-state index in [9.17, 15) is 4.79 Å². The van der Waals surface area contributed by atoms with E-state index in [4.69, 9.17) is 4.11 Å². The number of amides is 1. The molecule has 1 atom stereocenters. The van der Waals surface area contributed by atoms with E-state index in [2.05, 4.69) is 0 Å². The van der Waals surface area contributed by atoms with Crippen LogP contribution in [0.3, 0.4) is 0 Å². The van der Waals surface area contributed by atoms with Gasteiger partial charge in [-0.1, -0.05) is 36.4 Å². The molecule has 1 aromatic rings. The first-order valence-electron chi connectivity index (χ1n) is 5.99. The van der Waals surface area contributed by atoms with E-state index >= 15 is 0 Å². The Morgan fingerprint density at radius 2 is 2.07 bits per heavy atom. The van der Waals surface area contributed by atoms with E-state index in [0.29, 0.717) is 5.56 Å². The van der Waals surface area contributed by atoms with Crippen LogP contribution in [0.5, 0.6) is 0 Å². The van der Waals surface area contributed by atoms with Gasteiger partial charge in [-0.15, -0.1) is 0 Å². The van der Waals surface area contributed by atoms with Gasteiger partial charge in [0.05, 0.1) is 7.74 Å². The van der Waals surface area contributed by atoms with Gasteiger partial charge in [-0.05, 0) is 11.1 Å². The van der Waals surface area contributed by atoms with Crippen molar-refractivity contribution in [1.82, 2.24) is 4.90 Å². The number of benzene rings is 1. The standard InChI is InChI=1S/C12H13NO/c1-13-8-7-11(9-12(13)14)10-5-3-2-4-6-10/h2-7H,8-9H2,1H3/i8D,9D2. The number of rotatable bonds is 1. The zero-order valence-corrected chi connectivity index (χ0v) is 7.90. The van der Waals surface area contributed by atoms with Gasteiger partial charge in [-0.25, -0.2) is 0 Å². The number of likely N-dealkylation sites (N-methyl/N-ethyl adjacent to an activating group) is 1. The molecule has 0 bridgehead atoms. The predicted octanol–water partition coefficient (Wildman–Crippen LogP) is 1.93. The third-order valence-corrected chi connectivity index (χ3v) is 2.11. The summed E-state index contributed by atoms with van der Waals surface area (Å²) in [6, 6.07) is 8.89. The van der Waals surface area contributed by atoms with Crippen LogP contribution in [-0.4, -0.2) is 24.4 Å². The third-order valence-electron chi connectivity index (χ3n) is 2.11. The third kappa shape index (κ3) is 1.69. The normalized spacial score (nSPS) is 28.8. The largest absolute Gasteiger partial charge is 0.342 e. The van der Waals surface area contributed by atoms with Crippen LogP contribution in [0.15, 0.2) is 36.4 Å². The molecule has 0 fully saturated rings. The summed E-state index contributed by atoms with van der Waals surface area (Å²) in [5, 5.41) is 0. The van der Waals surface area contributed by atoms with Gasteiger partial charge >= 0.3 is 0 Å². The lowest BCUT2D eigenvalue weighted by atomic mass is 9.99. The van der Waals surface area contributed by atoms with Crippen LogP contribution >= 0.6 is 0 Å². The number of carbonyl (C=O) groups excluding carboxylic acids is 1. The molecule has 1 aromatic carbocycles. The highest BCUT2D eigenvalue weighted by Gasteiger charge is 2.16. The molecular weight excluding hydrogens is 174 g/mol. The zero-order chi connectivity index (χ0) is 12.6. The molecule has 0 radical (unpaired) electrons. The van der Waals surface area contributed by atoms with Gasteiger partial charge in [0.2, 0.25) is 5.91 Å². The smallest absolute Gasteiger partial charge is 0.227 e. The van der Waals surface area contributed by atoms with Gasteiger partial charge in [0.15, 0.2) is 0 Å². The van der Waals surface area contributed by atoms with Crippen molar-refractivity contribution in [2.75, 3.05) is 13.6 Å². The lowest BCUT2D eigenvalue weighted by Crippen LogP contribution is -2.30. The fourth-order valence-corrected chi connectivity index (χ4v) is 1.29. The Labute approximate surface area is 88.1 Å². The highest BCUT2D eigenvalue weighted by Crippen LogP contribution is 2.21. The van der Waals surface area contributed by atoms with Crippen LogP contribution in [0.25, 0.3) is 5.57 Å². The molecule has 1 aliphatic heterocycles. The Kier molecular flexibility index (Phi) is 1.57. The summed E-state index contributed by atoms with van der Waals surface area (Å²) in [4.78, 5) is 12.9. The lowest BCUT2D eigenvalue weighted by molar-refractivity contribution is -0.128. The molecule has 1 unspecified atom stereocenters. The molecule has 2 nitrogen and oxygen atoms in total. The minimum absolute atomic E-state index is 0.279. The van der Waals surface area contributed by atoms with Gasteiger partial charge in [0, 0.05) is 16.3 Å². The van der Waals surface area contributed by atoms with Gasteiger partial charge in [0.1, 0.15) is 0 Å². The highest BCUT2D eigenvalue weighted by molar-refractivity contribution is 5.90. The molecule has 2 rings (SSSR count). The summed E-state index contributed by atoms with van der Waals surface area (Å²) in [6.45, 7) is -0.832. The maximum absolute atomic E-state index is 11.8. The summed E-state index contributed by atoms with van der Waals surface area (Å²) in [5.41, 5.74) is 0.928. The molecular formula is C12H13NO. The zero-order valence-electron chi connectivity index (χ0n) is 10.9. The molecule has 14 heavy (non-hydrogen) atoms. The summed E-state index contributed by atoms with van der Waals surface area (Å²) in [5.74, 6) is -0.668. The van der Waals surface area contributed by atoms with Crippen molar-refractivity contribution >= 4 is 11.5 Å². The number of hydrogen-bond acceptors (Lipinski definition) is 1. The predicted molar refractivity (Wildman–Crippen MR) is 56.7 cm³/mol. The van der Waals surface area contributed by atoms with E-state index in [0.717, 1.165) is 4.90 Å². The van der Waals surface area contributed by atoms with Gasteiger partial charge < -0.3 is 4.90 Å². The first kappa shape index (κ1) is 6.02. The van der Waals surface area contributed by atoms with Crippen molar-refractivity contribution in [3.8, 4) is 0 Å². The van der Waals surface area contributed by atoms with Crippen molar-refractivity contribution in [2.24, 2.45) is 0 Å². The summed E-state index contributed by atoms with van der Waals surface area (Å²) in [6.07, 6.45) is -0.579. The van der Waals surface area contributed by atoms with Crippen molar-refractivity contribution in [3.05, 3.63) is 42.0 Å². The molecule has 0 aromatic heterocycles. The van der Waals surface area contributed by atoms with E-state index in [1.165, 1.54) is 13.1 Å². The lowest BCUT2D eigenvalue weighted by Gasteiger charge is -2.22. The second-order valence-electron chi connectivity index (χ2n) is 3.14. The molecule has 1 amide bonds. The molecule has 0 saturated heterocycles. The van der Waals surface area contributed by atoms with E-state index < -0.39 is 18.8 Å². The van der Waals surface area contributed by atoms with Gasteiger partial charge in [-0.3, -0.25) is 4.79 Å². The molecule has 0 N–H and O–H groups in total. The number of hydrogen-bond donors (Lipinski definition) is 0. The molecule has 0 spiro atoms. The number of carbonyl (C=O) groups is 1. The highest BCUT2D eigenvalue weighted by atomic mass is 16.2. The first-order valence-corrected chi connectivity index (χ1v) is 4.42. The van der Waals surface area contributed by atoms with Crippen LogP contribution in [0, 0.1) is 0 Å². The summed E-state index contributed by atoms with van der Waals surface area (Å²) < 4.78 is 23.5. The Hall–Kier alpha value is -1.57. The maximum atomic E-state index is 11.8. The van der Waals surface area contributed by atoms with Gasteiger partial charge in [-0.2, -0.15) is 0 Å². The SMILES string of the molecule is [2H]C1C=C(c2ccccc2)C([2H])([2H])C(=O)N1C. The molecule has 0 saturated carbocycles. The molecule has 72 valence electrons. The second kappa shape index (κ2) is 3.66. The Bertz CT molecular complexity index is 470. The second-order valence-corrected chi connectivity index (χ2v) is 3.14. The monoisotopic (exact) mass is 190 g/mol. The molecule has 0 aliphatic carbocycles. The Morgan fingerprint density at radius 3 is 2.79 bits per heavy atom. The fourth-order valence-electron chi connectivity index (χ4n) is 1.29. The van der Waals surface area contributed by atoms with Crippen LogP contribution in [0.2, 0.25) is 0 Å². The molecule has 1 heterocycles. The van der Waals surface area contributed by atoms with E-state index in [1.54, 1.807) is 24.3 Å². The van der Waals surface area contributed by atoms with Crippen molar-refractivity contribution in [1.29, 1.82) is 0 Å². The van der Waals surface area contributed by atoms with E-state index in [1.807, 2.05) is 6.07 Å². The average Bonchev–Trinajstić information content (AvgIpc) is 2.33. The van der Waals surface area contributed by atoms with Crippen molar-refractivity contribution in [2.45, 2.75) is 6.37 Å². The fraction of sp³-hybridized carbons (Fsp3) is 0.250. The molecule has 1 aliphatic rings. The first-order chi connectivity index (χ1) is 7.94. The Morgan fingerprint density at radius 1 is 1.36 bits per heavy atom. The van der Waals surface area contributed by atoms with Crippen LogP contribution in [0.1, 0.15) is 16.0 Å². The van der Waals surface area contributed by atoms with Crippen molar-refractivity contribution < 1.29 is 8.91 Å². The number of nitrogens with zero attached hydrogens (tertiary/aromatic N) is 1.